The lowest BCUT2D eigenvalue weighted by atomic mass is 10.2. The lowest BCUT2D eigenvalue weighted by Gasteiger charge is -2.17. The second kappa shape index (κ2) is 7.01. The van der Waals surface area contributed by atoms with Crippen molar-refractivity contribution >= 4 is 40.2 Å². The van der Waals surface area contributed by atoms with E-state index in [0.717, 1.165) is 10.6 Å². The Labute approximate surface area is 152 Å². The first-order valence-electron chi connectivity index (χ1n) is 7.15. The Kier molecular flexibility index (Phi) is 4.99. The molecule has 2 heterocycles. The van der Waals surface area contributed by atoms with Crippen LogP contribution >= 0.6 is 34.3 Å². The molecule has 3 nitrogen and oxygen atoms in total. The van der Waals surface area contributed by atoms with E-state index in [0.29, 0.717) is 21.2 Å². The van der Waals surface area contributed by atoms with Crippen LogP contribution in [0.2, 0.25) is 5.02 Å². The molecule has 3 aromatic rings. The molecule has 0 aliphatic rings. The maximum absolute atomic E-state index is 13.9. The Balaban J connectivity index is 1.84. The number of amides is 1. The van der Waals surface area contributed by atoms with Gasteiger partial charge in [-0.15, -0.1) is 11.3 Å². The van der Waals surface area contributed by atoms with Crippen LogP contribution in [0.15, 0.2) is 35.0 Å². The van der Waals surface area contributed by atoms with Gasteiger partial charge in [-0.1, -0.05) is 17.7 Å². The van der Waals surface area contributed by atoms with Crippen molar-refractivity contribution in [2.45, 2.75) is 13.5 Å². The van der Waals surface area contributed by atoms with Gasteiger partial charge in [0.25, 0.3) is 5.91 Å². The summed E-state index contributed by atoms with van der Waals surface area (Å²) in [5, 5.41) is 5.10. The molecule has 3 rings (SSSR count). The molecule has 1 amide bonds. The minimum Gasteiger partial charge on any atom is -0.336 e. The SMILES string of the molecule is Cc1nc(-c2ccsc2)sc1C(=O)N(C)Cc1c(F)cccc1Cl. The number of benzene rings is 1. The van der Waals surface area contributed by atoms with Crippen LogP contribution in [0, 0.1) is 12.7 Å². The van der Waals surface area contributed by atoms with Gasteiger partial charge < -0.3 is 4.90 Å². The van der Waals surface area contributed by atoms with Crippen LogP contribution < -0.4 is 0 Å². The maximum Gasteiger partial charge on any atom is 0.265 e. The summed E-state index contributed by atoms with van der Waals surface area (Å²) in [6.07, 6.45) is 0. The summed E-state index contributed by atoms with van der Waals surface area (Å²) in [6, 6.07) is 6.47. The van der Waals surface area contributed by atoms with Crippen molar-refractivity contribution in [3.8, 4) is 10.6 Å². The fourth-order valence-electron chi connectivity index (χ4n) is 2.27. The van der Waals surface area contributed by atoms with E-state index in [2.05, 4.69) is 4.98 Å². The van der Waals surface area contributed by atoms with E-state index in [1.807, 2.05) is 23.8 Å². The van der Waals surface area contributed by atoms with Gasteiger partial charge in [-0.3, -0.25) is 4.79 Å². The Morgan fingerprint density at radius 1 is 1.38 bits per heavy atom. The van der Waals surface area contributed by atoms with Crippen LogP contribution in [0.1, 0.15) is 20.9 Å². The molecule has 0 bridgehead atoms. The van der Waals surface area contributed by atoms with Gasteiger partial charge in [-0.05, 0) is 30.5 Å². The predicted octanol–water partition coefficient (Wildman–Crippen LogP) is 5.24. The summed E-state index contributed by atoms with van der Waals surface area (Å²) >= 11 is 8.98. The molecule has 124 valence electrons. The second-order valence-corrected chi connectivity index (χ2v) is 7.49. The Morgan fingerprint density at radius 3 is 2.83 bits per heavy atom. The number of halogens is 2. The number of rotatable bonds is 4. The Morgan fingerprint density at radius 2 is 2.17 bits per heavy atom. The highest BCUT2D eigenvalue weighted by atomic mass is 35.5. The molecular formula is C17H14ClFN2OS2. The first kappa shape index (κ1) is 17.1. The first-order chi connectivity index (χ1) is 11.5. The third-order valence-corrected chi connectivity index (χ3v) is 5.79. The second-order valence-electron chi connectivity index (χ2n) is 5.31. The van der Waals surface area contributed by atoms with Gasteiger partial charge in [-0.25, -0.2) is 9.37 Å². The normalized spacial score (nSPS) is 10.8. The molecule has 0 radical (unpaired) electrons. The van der Waals surface area contributed by atoms with Crippen LogP contribution in [-0.4, -0.2) is 22.8 Å². The van der Waals surface area contributed by atoms with Crippen molar-refractivity contribution in [1.82, 2.24) is 9.88 Å². The molecular weight excluding hydrogens is 367 g/mol. The standard InChI is InChI=1S/C17H14ClFN2OS2/c1-10-15(24-16(20-10)11-6-7-23-9-11)17(22)21(2)8-12-13(18)4-3-5-14(12)19/h3-7,9H,8H2,1-2H3. The van der Waals surface area contributed by atoms with Crippen LogP contribution in [-0.2, 0) is 6.54 Å². The quantitative estimate of drug-likeness (QED) is 0.619. The van der Waals surface area contributed by atoms with Gasteiger partial charge >= 0.3 is 0 Å². The summed E-state index contributed by atoms with van der Waals surface area (Å²) in [6.45, 7) is 1.92. The van der Waals surface area contributed by atoms with Gasteiger partial charge in [0.15, 0.2) is 0 Å². The summed E-state index contributed by atoms with van der Waals surface area (Å²) in [5.41, 5.74) is 2.00. The summed E-state index contributed by atoms with van der Waals surface area (Å²) < 4.78 is 13.9. The van der Waals surface area contributed by atoms with Gasteiger partial charge in [0.2, 0.25) is 0 Å². The predicted molar refractivity (Wildman–Crippen MR) is 97.4 cm³/mol. The number of aromatic nitrogens is 1. The van der Waals surface area contributed by atoms with E-state index in [-0.39, 0.29) is 12.5 Å². The van der Waals surface area contributed by atoms with Crippen LogP contribution in [0.25, 0.3) is 10.6 Å². The van der Waals surface area contributed by atoms with Gasteiger partial charge in [0.05, 0.1) is 12.2 Å². The number of thiazole rings is 1. The van der Waals surface area contributed by atoms with Crippen LogP contribution in [0.5, 0.6) is 0 Å². The van der Waals surface area contributed by atoms with Gasteiger partial charge in [0, 0.05) is 28.6 Å². The molecule has 0 unspecified atom stereocenters. The number of nitrogens with zero attached hydrogens (tertiary/aromatic N) is 2. The van der Waals surface area contributed by atoms with Crippen molar-refractivity contribution in [3.63, 3.8) is 0 Å². The monoisotopic (exact) mass is 380 g/mol. The van der Waals surface area contributed by atoms with E-state index >= 15 is 0 Å². The van der Waals surface area contributed by atoms with E-state index < -0.39 is 5.82 Å². The number of thiophene rings is 1. The number of carbonyl (C=O) groups excluding carboxylic acids is 1. The van der Waals surface area contributed by atoms with E-state index in [1.165, 1.54) is 22.3 Å². The third-order valence-electron chi connectivity index (χ3n) is 3.56. The summed E-state index contributed by atoms with van der Waals surface area (Å²) in [7, 11) is 1.63. The summed E-state index contributed by atoms with van der Waals surface area (Å²) in [5.74, 6) is -0.604. The van der Waals surface area contributed by atoms with E-state index in [9.17, 15) is 9.18 Å². The molecule has 0 atom stereocenters. The molecule has 0 saturated heterocycles. The number of aryl methyl sites for hydroxylation is 1. The Hall–Kier alpha value is -1.76. The van der Waals surface area contributed by atoms with Crippen LogP contribution in [0.4, 0.5) is 4.39 Å². The average molecular weight is 381 g/mol. The highest BCUT2D eigenvalue weighted by Gasteiger charge is 2.21. The molecule has 24 heavy (non-hydrogen) atoms. The topological polar surface area (TPSA) is 33.2 Å². The van der Waals surface area contributed by atoms with Crippen molar-refractivity contribution in [2.24, 2.45) is 0 Å². The highest BCUT2D eigenvalue weighted by molar-refractivity contribution is 7.17. The molecule has 2 aromatic heterocycles. The number of hydrogen-bond acceptors (Lipinski definition) is 4. The smallest absolute Gasteiger partial charge is 0.265 e. The molecule has 0 saturated carbocycles. The minimum atomic E-state index is -0.415. The fraction of sp³-hybridized carbons (Fsp3) is 0.176. The maximum atomic E-state index is 13.9. The van der Waals surface area contributed by atoms with Gasteiger partial charge in [-0.2, -0.15) is 11.3 Å². The lowest BCUT2D eigenvalue weighted by Crippen LogP contribution is -2.26. The van der Waals surface area contributed by atoms with E-state index in [4.69, 9.17) is 11.6 Å². The zero-order valence-electron chi connectivity index (χ0n) is 13.0. The zero-order chi connectivity index (χ0) is 17.3. The molecule has 0 fully saturated rings. The van der Waals surface area contributed by atoms with Crippen molar-refractivity contribution < 1.29 is 9.18 Å². The lowest BCUT2D eigenvalue weighted by molar-refractivity contribution is 0.0788. The third kappa shape index (κ3) is 3.36. The van der Waals surface area contributed by atoms with Gasteiger partial charge in [0.1, 0.15) is 15.7 Å². The fourth-order valence-corrected chi connectivity index (χ4v) is 4.27. The molecule has 0 aliphatic carbocycles. The molecule has 0 spiro atoms. The van der Waals surface area contributed by atoms with Crippen molar-refractivity contribution in [1.29, 1.82) is 0 Å². The highest BCUT2D eigenvalue weighted by Crippen LogP contribution is 2.30. The van der Waals surface area contributed by atoms with E-state index in [1.54, 1.807) is 30.5 Å². The number of hydrogen-bond donors (Lipinski definition) is 0. The zero-order valence-corrected chi connectivity index (χ0v) is 15.4. The van der Waals surface area contributed by atoms with Crippen molar-refractivity contribution in [2.75, 3.05) is 7.05 Å². The molecule has 7 heteroatoms. The largest absolute Gasteiger partial charge is 0.336 e. The molecule has 0 N–H and O–H groups in total. The number of carbonyl (C=O) groups is 1. The Bertz CT molecular complexity index is 857. The molecule has 0 aliphatic heterocycles. The van der Waals surface area contributed by atoms with Crippen LogP contribution in [0.3, 0.4) is 0 Å². The van der Waals surface area contributed by atoms with Crippen molar-refractivity contribution in [3.05, 3.63) is 62.0 Å². The molecule has 1 aromatic carbocycles. The first-order valence-corrected chi connectivity index (χ1v) is 9.29. The summed E-state index contributed by atoms with van der Waals surface area (Å²) in [4.78, 5) is 19.2. The average Bonchev–Trinajstić information content (AvgIpc) is 3.19. The minimum absolute atomic E-state index is 0.107.